The number of nitrogens with zero attached hydrogens (tertiary/aromatic N) is 2. The van der Waals surface area contributed by atoms with Crippen molar-refractivity contribution in [3.05, 3.63) is 35.9 Å². The van der Waals surface area contributed by atoms with Gasteiger partial charge in [0.25, 0.3) is 0 Å². The Hall–Kier alpha value is -2.18. The zero-order valence-corrected chi connectivity index (χ0v) is 11.6. The number of aliphatic hydroxyl groups is 1. The first kappa shape index (κ1) is 13.8. The van der Waals surface area contributed by atoms with Gasteiger partial charge in [-0.1, -0.05) is 18.2 Å². The summed E-state index contributed by atoms with van der Waals surface area (Å²) in [6, 6.07) is 9.32. The number of hydrogen-bond acceptors (Lipinski definition) is 5. The van der Waals surface area contributed by atoms with Crippen LogP contribution in [-0.2, 0) is 4.74 Å². The van der Waals surface area contributed by atoms with Gasteiger partial charge in [0.05, 0.1) is 31.4 Å². The minimum absolute atomic E-state index is 0.00388. The SMILES string of the molecule is N=C(N)c1cc(N2CCOCC2CO)nc2ccccc12. The molecule has 2 aromatic rings. The lowest BCUT2D eigenvalue weighted by molar-refractivity contribution is 0.0723. The highest BCUT2D eigenvalue weighted by Gasteiger charge is 2.24. The molecule has 0 aliphatic carbocycles. The Bertz CT molecular complexity index is 674. The van der Waals surface area contributed by atoms with Gasteiger partial charge in [0.2, 0.25) is 0 Å². The van der Waals surface area contributed by atoms with Crippen LogP contribution in [0.2, 0.25) is 0 Å². The molecular weight excluding hydrogens is 268 g/mol. The van der Waals surface area contributed by atoms with Crippen molar-refractivity contribution in [2.24, 2.45) is 5.73 Å². The van der Waals surface area contributed by atoms with Gasteiger partial charge in [0, 0.05) is 17.5 Å². The molecule has 1 aliphatic rings. The van der Waals surface area contributed by atoms with E-state index >= 15 is 0 Å². The standard InChI is InChI=1S/C15H18N4O2/c16-15(17)12-7-14(18-13-4-2-1-3-11(12)13)19-5-6-21-9-10(19)8-20/h1-4,7,10,20H,5-6,8-9H2,(H3,16,17). The van der Waals surface area contributed by atoms with E-state index in [0.717, 1.165) is 16.7 Å². The molecule has 21 heavy (non-hydrogen) atoms. The number of anilines is 1. The van der Waals surface area contributed by atoms with Gasteiger partial charge >= 0.3 is 0 Å². The van der Waals surface area contributed by atoms with Crippen molar-refractivity contribution < 1.29 is 9.84 Å². The van der Waals surface area contributed by atoms with Crippen molar-refractivity contribution in [2.75, 3.05) is 31.3 Å². The van der Waals surface area contributed by atoms with Gasteiger partial charge in [-0.25, -0.2) is 4.98 Å². The van der Waals surface area contributed by atoms with Crippen LogP contribution in [0, 0.1) is 5.41 Å². The molecule has 0 bridgehead atoms. The number of rotatable bonds is 3. The van der Waals surface area contributed by atoms with Crippen LogP contribution in [0.5, 0.6) is 0 Å². The highest BCUT2D eigenvalue weighted by Crippen LogP contribution is 2.25. The van der Waals surface area contributed by atoms with Crippen LogP contribution in [-0.4, -0.2) is 48.3 Å². The number of benzene rings is 1. The summed E-state index contributed by atoms with van der Waals surface area (Å²) in [5.41, 5.74) is 7.17. The van der Waals surface area contributed by atoms with Gasteiger partial charge < -0.3 is 20.5 Å². The summed E-state index contributed by atoms with van der Waals surface area (Å²) < 4.78 is 5.39. The van der Waals surface area contributed by atoms with E-state index in [-0.39, 0.29) is 18.5 Å². The number of morpholine rings is 1. The van der Waals surface area contributed by atoms with Gasteiger partial charge in [0.15, 0.2) is 0 Å². The molecule has 0 radical (unpaired) electrons. The molecule has 0 spiro atoms. The lowest BCUT2D eigenvalue weighted by Gasteiger charge is -2.35. The molecule has 1 atom stereocenters. The molecule has 110 valence electrons. The molecule has 1 unspecified atom stereocenters. The fourth-order valence-electron chi connectivity index (χ4n) is 2.64. The average Bonchev–Trinajstić information content (AvgIpc) is 2.53. The lowest BCUT2D eigenvalue weighted by atomic mass is 10.1. The summed E-state index contributed by atoms with van der Waals surface area (Å²) in [6.07, 6.45) is 0. The molecule has 3 rings (SSSR count). The molecule has 6 nitrogen and oxygen atoms in total. The molecule has 4 N–H and O–H groups in total. The van der Waals surface area contributed by atoms with Crippen molar-refractivity contribution in [1.82, 2.24) is 4.98 Å². The van der Waals surface area contributed by atoms with Crippen molar-refractivity contribution in [1.29, 1.82) is 5.41 Å². The van der Waals surface area contributed by atoms with Crippen LogP contribution >= 0.6 is 0 Å². The summed E-state index contributed by atoms with van der Waals surface area (Å²) >= 11 is 0. The lowest BCUT2D eigenvalue weighted by Crippen LogP contribution is -2.48. The molecule has 1 saturated heterocycles. The highest BCUT2D eigenvalue weighted by atomic mass is 16.5. The highest BCUT2D eigenvalue weighted by molar-refractivity contribution is 6.07. The number of aliphatic hydroxyl groups excluding tert-OH is 1. The zero-order chi connectivity index (χ0) is 14.8. The second-order valence-corrected chi connectivity index (χ2v) is 5.06. The fourth-order valence-corrected chi connectivity index (χ4v) is 2.64. The Morgan fingerprint density at radius 3 is 3.05 bits per heavy atom. The Morgan fingerprint density at radius 1 is 1.48 bits per heavy atom. The second-order valence-electron chi connectivity index (χ2n) is 5.06. The number of amidine groups is 1. The predicted octanol–water partition coefficient (Wildman–Crippen LogP) is 0.716. The molecule has 1 fully saturated rings. The van der Waals surface area contributed by atoms with Gasteiger partial charge in [-0.15, -0.1) is 0 Å². The van der Waals surface area contributed by atoms with E-state index in [2.05, 4.69) is 4.98 Å². The monoisotopic (exact) mass is 286 g/mol. The molecule has 0 saturated carbocycles. The minimum atomic E-state index is -0.118. The van der Waals surface area contributed by atoms with Crippen LogP contribution in [0.15, 0.2) is 30.3 Å². The third-order valence-corrected chi connectivity index (χ3v) is 3.73. The Labute approximate surface area is 122 Å². The average molecular weight is 286 g/mol. The van der Waals surface area contributed by atoms with E-state index in [1.54, 1.807) is 0 Å². The van der Waals surface area contributed by atoms with Gasteiger partial charge in [-0.2, -0.15) is 0 Å². The first-order chi connectivity index (χ1) is 10.2. The van der Waals surface area contributed by atoms with Gasteiger partial charge in [-0.3, -0.25) is 5.41 Å². The third kappa shape index (κ3) is 2.55. The number of nitrogens with two attached hydrogens (primary N) is 1. The van der Waals surface area contributed by atoms with Crippen molar-refractivity contribution in [2.45, 2.75) is 6.04 Å². The summed E-state index contributed by atoms with van der Waals surface area (Å²) in [5.74, 6) is 0.741. The summed E-state index contributed by atoms with van der Waals surface area (Å²) in [5, 5.41) is 18.1. The number of nitrogens with one attached hydrogen (secondary N) is 1. The zero-order valence-electron chi connectivity index (χ0n) is 11.6. The summed E-state index contributed by atoms with van der Waals surface area (Å²) in [4.78, 5) is 6.66. The van der Waals surface area contributed by atoms with E-state index in [1.165, 1.54) is 0 Å². The smallest absolute Gasteiger partial charge is 0.130 e. The topological polar surface area (TPSA) is 95.5 Å². The second kappa shape index (κ2) is 5.67. The van der Waals surface area contributed by atoms with Crippen LogP contribution < -0.4 is 10.6 Å². The fraction of sp³-hybridized carbons (Fsp3) is 0.333. The van der Waals surface area contributed by atoms with E-state index < -0.39 is 0 Å². The molecule has 1 aliphatic heterocycles. The van der Waals surface area contributed by atoms with Crippen molar-refractivity contribution in [3.8, 4) is 0 Å². The number of pyridine rings is 1. The van der Waals surface area contributed by atoms with Crippen LogP contribution in [0.25, 0.3) is 10.9 Å². The predicted molar refractivity (Wildman–Crippen MR) is 81.8 cm³/mol. The van der Waals surface area contributed by atoms with Crippen molar-refractivity contribution in [3.63, 3.8) is 0 Å². The van der Waals surface area contributed by atoms with E-state index in [1.807, 2.05) is 35.2 Å². The molecule has 2 heterocycles. The summed E-state index contributed by atoms with van der Waals surface area (Å²) in [6.45, 7) is 1.73. The van der Waals surface area contributed by atoms with Gasteiger partial charge in [-0.05, 0) is 12.1 Å². The Balaban J connectivity index is 2.12. The van der Waals surface area contributed by atoms with Crippen molar-refractivity contribution >= 4 is 22.6 Å². The van der Waals surface area contributed by atoms with Crippen LogP contribution in [0.3, 0.4) is 0 Å². The van der Waals surface area contributed by atoms with Crippen LogP contribution in [0.4, 0.5) is 5.82 Å². The Morgan fingerprint density at radius 2 is 2.29 bits per heavy atom. The van der Waals surface area contributed by atoms with E-state index in [4.69, 9.17) is 15.9 Å². The number of ether oxygens (including phenoxy) is 1. The quantitative estimate of drug-likeness (QED) is 0.570. The number of para-hydroxylation sites is 1. The van der Waals surface area contributed by atoms with E-state index in [9.17, 15) is 5.11 Å². The first-order valence-electron chi connectivity index (χ1n) is 6.90. The minimum Gasteiger partial charge on any atom is -0.394 e. The number of hydrogen-bond donors (Lipinski definition) is 3. The van der Waals surface area contributed by atoms with Gasteiger partial charge in [0.1, 0.15) is 11.7 Å². The molecule has 1 aromatic heterocycles. The molecule has 6 heteroatoms. The van der Waals surface area contributed by atoms with E-state index in [0.29, 0.717) is 25.3 Å². The maximum Gasteiger partial charge on any atom is 0.130 e. The molecule has 1 aromatic carbocycles. The first-order valence-corrected chi connectivity index (χ1v) is 6.90. The third-order valence-electron chi connectivity index (χ3n) is 3.73. The Kier molecular flexibility index (Phi) is 3.72. The normalized spacial score (nSPS) is 18.9. The number of fused-ring (bicyclic) bond motifs is 1. The summed E-state index contributed by atoms with van der Waals surface area (Å²) in [7, 11) is 0. The van der Waals surface area contributed by atoms with Crippen LogP contribution in [0.1, 0.15) is 5.56 Å². The number of nitrogen functional groups attached to an aromatic ring is 1. The maximum absolute atomic E-state index is 9.50. The number of aromatic nitrogens is 1. The largest absolute Gasteiger partial charge is 0.394 e. The maximum atomic E-state index is 9.50. The molecule has 0 amide bonds. The molecular formula is C15H18N4O2.